The van der Waals surface area contributed by atoms with Crippen molar-refractivity contribution in [2.24, 2.45) is 0 Å². The molecule has 4 aliphatic heterocycles. The maximum atomic E-state index is 12.7. The Balaban J connectivity index is 1.36. The van der Waals surface area contributed by atoms with E-state index >= 15 is 0 Å². The first-order chi connectivity index (χ1) is 16.5. The van der Waals surface area contributed by atoms with Crippen molar-refractivity contribution < 1.29 is 47.5 Å². The highest BCUT2D eigenvalue weighted by molar-refractivity contribution is 5.70. The van der Waals surface area contributed by atoms with Crippen LogP contribution in [0, 0.1) is 0 Å². The van der Waals surface area contributed by atoms with Crippen molar-refractivity contribution in [1.82, 2.24) is 0 Å². The molecule has 1 saturated carbocycles. The molecule has 4 heterocycles. The highest BCUT2D eigenvalue weighted by Gasteiger charge is 2.56. The SMILES string of the molecule is CC1(C)OC2C3COC(C)(CCC(=O)OC4CCCCC4OC(=O)CCC4(C)OCC(O4)C2O1)O3. The van der Waals surface area contributed by atoms with Gasteiger partial charge in [0.15, 0.2) is 17.4 Å². The van der Waals surface area contributed by atoms with Crippen LogP contribution in [0.5, 0.6) is 0 Å². The predicted molar refractivity (Wildman–Crippen MR) is 119 cm³/mol. The largest absolute Gasteiger partial charge is 0.458 e. The third kappa shape index (κ3) is 5.67. The lowest BCUT2D eigenvalue weighted by atomic mass is 9.94. The fourth-order valence-corrected chi connectivity index (χ4v) is 5.72. The van der Waals surface area contributed by atoms with Crippen LogP contribution in [-0.4, -0.2) is 79.1 Å². The molecular weight excluding hydrogens is 460 g/mol. The van der Waals surface area contributed by atoms with Crippen LogP contribution in [0.15, 0.2) is 0 Å². The van der Waals surface area contributed by atoms with Crippen LogP contribution >= 0.6 is 0 Å². The number of rotatable bonds is 0. The molecule has 0 aromatic rings. The molecule has 1 aliphatic carbocycles. The zero-order valence-corrected chi connectivity index (χ0v) is 21.1. The summed E-state index contributed by atoms with van der Waals surface area (Å²) in [6, 6.07) is 0. The molecule has 0 aromatic carbocycles. The van der Waals surface area contributed by atoms with E-state index in [0.29, 0.717) is 38.9 Å². The van der Waals surface area contributed by atoms with E-state index in [1.54, 1.807) is 0 Å². The van der Waals surface area contributed by atoms with Gasteiger partial charge in [-0.1, -0.05) is 0 Å². The van der Waals surface area contributed by atoms with Crippen molar-refractivity contribution in [2.45, 2.75) is 133 Å². The van der Waals surface area contributed by atoms with E-state index in [1.807, 2.05) is 27.7 Å². The molecule has 10 nitrogen and oxygen atoms in total. The molecule has 0 radical (unpaired) electrons. The molecule has 8 atom stereocenters. The van der Waals surface area contributed by atoms with E-state index in [1.165, 1.54) is 0 Å². The standard InChI is InChI=1S/C25H38O10/c1-23(2)34-21-17-13-28-24(3,32-17)11-9-19(26)30-15-7-5-6-8-16(15)31-20(27)10-12-25(4)29-14-18(33-25)22(21)35-23/h15-18,21-22H,5-14H2,1-4H3. The molecule has 0 aromatic heterocycles. The quantitative estimate of drug-likeness (QED) is 0.463. The minimum atomic E-state index is -0.949. The lowest BCUT2D eigenvalue weighted by Crippen LogP contribution is -2.45. The highest BCUT2D eigenvalue weighted by atomic mass is 16.8. The second kappa shape index (κ2) is 9.54. The van der Waals surface area contributed by atoms with Crippen LogP contribution in [-0.2, 0) is 47.5 Å². The number of hydrogen-bond acceptors (Lipinski definition) is 10. The van der Waals surface area contributed by atoms with E-state index in [0.717, 1.165) is 12.8 Å². The summed E-state index contributed by atoms with van der Waals surface area (Å²) < 4.78 is 48.5. The molecule has 0 N–H and O–H groups in total. The smallest absolute Gasteiger partial charge is 0.306 e. The second-order valence-corrected chi connectivity index (χ2v) is 11.1. The Morgan fingerprint density at radius 1 is 0.629 bits per heavy atom. The van der Waals surface area contributed by atoms with Gasteiger partial charge in [-0.05, 0) is 53.4 Å². The Labute approximate surface area is 206 Å². The molecule has 35 heavy (non-hydrogen) atoms. The molecular formula is C25H38O10. The third-order valence-corrected chi connectivity index (χ3v) is 7.58. The van der Waals surface area contributed by atoms with Crippen molar-refractivity contribution in [2.75, 3.05) is 13.2 Å². The first-order valence-electron chi connectivity index (χ1n) is 12.9. The van der Waals surface area contributed by atoms with Gasteiger partial charge in [0.05, 0.1) is 26.1 Å². The normalized spacial score (nSPS) is 46.6. The molecule has 10 heteroatoms. The molecule has 8 unspecified atom stereocenters. The average molecular weight is 499 g/mol. The molecule has 198 valence electrons. The highest BCUT2D eigenvalue weighted by Crippen LogP contribution is 2.42. The van der Waals surface area contributed by atoms with Crippen molar-refractivity contribution >= 4 is 11.9 Å². The summed E-state index contributed by atoms with van der Waals surface area (Å²) >= 11 is 0. The Hall–Kier alpha value is -1.30. The third-order valence-electron chi connectivity index (χ3n) is 7.58. The van der Waals surface area contributed by atoms with E-state index in [4.69, 9.17) is 37.9 Å². The Kier molecular flexibility index (Phi) is 6.91. The summed E-state index contributed by atoms with van der Waals surface area (Å²) in [7, 11) is 0. The van der Waals surface area contributed by atoms with Gasteiger partial charge in [-0.3, -0.25) is 9.59 Å². The molecule has 0 spiro atoms. The molecule has 4 bridgehead atoms. The maximum absolute atomic E-state index is 12.7. The van der Waals surface area contributed by atoms with Gasteiger partial charge in [0, 0.05) is 12.8 Å². The summed E-state index contributed by atoms with van der Waals surface area (Å²) in [6.45, 7) is 7.97. The minimum absolute atomic E-state index is 0.134. The Morgan fingerprint density at radius 2 is 1.06 bits per heavy atom. The van der Waals surface area contributed by atoms with Crippen LogP contribution < -0.4 is 0 Å². The maximum Gasteiger partial charge on any atom is 0.306 e. The van der Waals surface area contributed by atoms with E-state index < -0.39 is 54.0 Å². The molecule has 5 rings (SSSR count). The fraction of sp³-hybridized carbons (Fsp3) is 0.920. The zero-order valence-electron chi connectivity index (χ0n) is 21.1. The number of fused-ring (bicyclic) bond motifs is 8. The summed E-state index contributed by atoms with van der Waals surface area (Å²) in [5, 5.41) is 0. The van der Waals surface area contributed by atoms with Crippen molar-refractivity contribution in [3.8, 4) is 0 Å². The monoisotopic (exact) mass is 498 g/mol. The van der Waals surface area contributed by atoms with E-state index in [2.05, 4.69) is 0 Å². The number of esters is 2. The number of carbonyl (C=O) groups excluding carboxylic acids is 2. The van der Waals surface area contributed by atoms with Gasteiger partial charge in [-0.2, -0.15) is 0 Å². The average Bonchev–Trinajstić information content (AvgIpc) is 3.47. The lowest BCUT2D eigenvalue weighted by molar-refractivity contribution is -0.192. The van der Waals surface area contributed by atoms with Crippen LogP contribution in [0.1, 0.15) is 79.1 Å². The summed E-state index contributed by atoms with van der Waals surface area (Å²) in [4.78, 5) is 25.4. The first-order valence-corrected chi connectivity index (χ1v) is 12.9. The van der Waals surface area contributed by atoms with Crippen molar-refractivity contribution in [1.29, 1.82) is 0 Å². The topological polar surface area (TPSA) is 108 Å². The number of ether oxygens (including phenoxy) is 8. The first kappa shape index (κ1) is 25.4. The number of hydrogen-bond donors (Lipinski definition) is 0. The summed E-state index contributed by atoms with van der Waals surface area (Å²) in [5.41, 5.74) is 0. The van der Waals surface area contributed by atoms with E-state index in [-0.39, 0.29) is 24.8 Å². The Bertz CT molecular complexity index is 752. The van der Waals surface area contributed by atoms with Crippen LogP contribution in [0.25, 0.3) is 0 Å². The molecule has 4 saturated heterocycles. The van der Waals surface area contributed by atoms with Crippen LogP contribution in [0.4, 0.5) is 0 Å². The predicted octanol–water partition coefficient (Wildman–Crippen LogP) is 2.74. The Morgan fingerprint density at radius 3 is 1.49 bits per heavy atom. The van der Waals surface area contributed by atoms with Gasteiger partial charge < -0.3 is 37.9 Å². The minimum Gasteiger partial charge on any atom is -0.458 e. The van der Waals surface area contributed by atoms with Gasteiger partial charge in [0.25, 0.3) is 0 Å². The number of carbonyl (C=O) groups is 2. The summed E-state index contributed by atoms with van der Waals surface area (Å²) in [6.07, 6.45) is 1.62. The molecule has 0 amide bonds. The fourth-order valence-electron chi connectivity index (χ4n) is 5.72. The lowest BCUT2D eigenvalue weighted by Gasteiger charge is -2.32. The van der Waals surface area contributed by atoms with Crippen molar-refractivity contribution in [3.05, 3.63) is 0 Å². The second-order valence-electron chi connectivity index (χ2n) is 11.1. The van der Waals surface area contributed by atoms with Gasteiger partial charge in [0.1, 0.15) is 36.6 Å². The van der Waals surface area contributed by atoms with Crippen LogP contribution in [0.3, 0.4) is 0 Å². The summed E-state index contributed by atoms with van der Waals surface area (Å²) in [5.74, 6) is -3.42. The van der Waals surface area contributed by atoms with Gasteiger partial charge in [-0.15, -0.1) is 0 Å². The molecule has 5 fully saturated rings. The van der Waals surface area contributed by atoms with E-state index in [9.17, 15) is 9.59 Å². The molecule has 5 aliphatic rings. The van der Waals surface area contributed by atoms with Crippen LogP contribution in [0.2, 0.25) is 0 Å². The van der Waals surface area contributed by atoms with Gasteiger partial charge >= 0.3 is 11.9 Å². The van der Waals surface area contributed by atoms with Crippen molar-refractivity contribution in [3.63, 3.8) is 0 Å². The van der Waals surface area contributed by atoms with Gasteiger partial charge in [-0.25, -0.2) is 0 Å². The zero-order chi connectivity index (χ0) is 24.8. The van der Waals surface area contributed by atoms with Gasteiger partial charge in [0.2, 0.25) is 0 Å².